The lowest BCUT2D eigenvalue weighted by Gasteiger charge is -2.28. The fourth-order valence-corrected chi connectivity index (χ4v) is 3.18. The van der Waals surface area contributed by atoms with E-state index in [0.29, 0.717) is 0 Å². The Morgan fingerprint density at radius 3 is 2.04 bits per heavy atom. The lowest BCUT2D eigenvalue weighted by Crippen LogP contribution is -2.45. The van der Waals surface area contributed by atoms with Crippen molar-refractivity contribution in [3.63, 3.8) is 0 Å². The molecule has 3 rings (SSSR count). The number of carbonyl (C=O) groups is 3. The van der Waals surface area contributed by atoms with Crippen LogP contribution in [-0.4, -0.2) is 41.8 Å². The van der Waals surface area contributed by atoms with E-state index in [2.05, 4.69) is 0 Å². The molecule has 0 atom stereocenters. The highest BCUT2D eigenvalue weighted by molar-refractivity contribution is 6.32. The molecule has 2 aromatic carbocycles. The summed E-state index contributed by atoms with van der Waals surface area (Å²) in [7, 11) is 2.91. The van der Waals surface area contributed by atoms with Crippen molar-refractivity contribution in [2.75, 3.05) is 14.1 Å². The minimum Gasteiger partial charge on any atom is -0.507 e. The van der Waals surface area contributed by atoms with Gasteiger partial charge in [0, 0.05) is 25.2 Å². The first-order valence-corrected chi connectivity index (χ1v) is 8.62. The molecule has 0 heterocycles. The lowest BCUT2D eigenvalue weighted by atomic mass is 9.86. The number of carbonyl (C=O) groups excluding carboxylic acids is 3. The molecule has 2 aromatic rings. The van der Waals surface area contributed by atoms with Gasteiger partial charge in [-0.2, -0.15) is 0 Å². The highest BCUT2D eigenvalue weighted by Gasteiger charge is 2.59. The number of ketones is 2. The number of aromatic hydroxyl groups is 1. The Morgan fingerprint density at radius 2 is 1.59 bits per heavy atom. The van der Waals surface area contributed by atoms with Crippen molar-refractivity contribution in [1.29, 1.82) is 0 Å². The van der Waals surface area contributed by atoms with E-state index in [9.17, 15) is 19.5 Å². The zero-order chi connectivity index (χ0) is 19.9. The van der Waals surface area contributed by atoms with Crippen LogP contribution in [0.2, 0.25) is 0 Å². The van der Waals surface area contributed by atoms with E-state index in [0.717, 1.165) is 10.5 Å². The molecule has 1 aliphatic rings. The number of benzene rings is 2. The van der Waals surface area contributed by atoms with Crippen LogP contribution < -0.4 is 0 Å². The summed E-state index contributed by atoms with van der Waals surface area (Å²) in [6, 6.07) is 11.0. The van der Waals surface area contributed by atoms with Crippen molar-refractivity contribution < 1.29 is 24.2 Å². The van der Waals surface area contributed by atoms with Crippen LogP contribution in [0.15, 0.2) is 42.5 Å². The smallest absolute Gasteiger partial charge is 0.411 e. The van der Waals surface area contributed by atoms with Gasteiger partial charge in [-0.3, -0.25) is 9.59 Å². The summed E-state index contributed by atoms with van der Waals surface area (Å²) in [5.41, 5.74) is -1.10. The number of rotatable bonds is 3. The van der Waals surface area contributed by atoms with E-state index in [1.165, 1.54) is 38.4 Å². The van der Waals surface area contributed by atoms with E-state index in [-0.39, 0.29) is 28.4 Å². The predicted octanol–water partition coefficient (Wildman–Crippen LogP) is 3.49. The number of nitrogens with zero attached hydrogens (tertiary/aromatic N) is 1. The Kier molecular flexibility index (Phi) is 4.51. The molecule has 27 heavy (non-hydrogen) atoms. The summed E-state index contributed by atoms with van der Waals surface area (Å²) in [6.45, 7) is 3.91. The van der Waals surface area contributed by atoms with Crippen molar-refractivity contribution in [2.24, 2.45) is 0 Å². The molecule has 0 aromatic heterocycles. The minimum absolute atomic E-state index is 0.0340. The van der Waals surface area contributed by atoms with Gasteiger partial charge in [-0.15, -0.1) is 0 Å². The Bertz CT molecular complexity index is 910. The number of hydrogen-bond donors (Lipinski definition) is 1. The molecule has 0 aliphatic heterocycles. The zero-order valence-corrected chi connectivity index (χ0v) is 15.6. The second-order valence-electron chi connectivity index (χ2n) is 7.08. The fourth-order valence-electron chi connectivity index (χ4n) is 3.18. The van der Waals surface area contributed by atoms with Gasteiger partial charge in [-0.1, -0.05) is 50.2 Å². The average Bonchev–Trinajstić information content (AvgIpc) is 2.84. The second-order valence-corrected chi connectivity index (χ2v) is 7.08. The first kappa shape index (κ1) is 18.6. The molecule has 0 saturated carbocycles. The highest BCUT2D eigenvalue weighted by atomic mass is 16.6. The summed E-state index contributed by atoms with van der Waals surface area (Å²) in [6.07, 6.45) is -0.850. The number of amides is 1. The zero-order valence-electron chi connectivity index (χ0n) is 15.6. The van der Waals surface area contributed by atoms with Crippen LogP contribution >= 0.6 is 0 Å². The average molecular weight is 367 g/mol. The van der Waals surface area contributed by atoms with Gasteiger partial charge in [0.25, 0.3) is 5.60 Å². The van der Waals surface area contributed by atoms with Gasteiger partial charge in [0.05, 0.1) is 5.56 Å². The molecule has 0 unspecified atom stereocenters. The predicted molar refractivity (Wildman–Crippen MR) is 99.1 cm³/mol. The van der Waals surface area contributed by atoms with Gasteiger partial charge >= 0.3 is 6.09 Å². The Morgan fingerprint density at radius 1 is 1.04 bits per heavy atom. The number of hydrogen-bond acceptors (Lipinski definition) is 5. The third-order valence-corrected chi connectivity index (χ3v) is 4.73. The minimum atomic E-state index is -2.23. The number of ether oxygens (including phenoxy) is 1. The molecule has 1 N–H and O–H groups in total. The number of phenols is 1. The molecular formula is C21H21NO5. The molecule has 1 aliphatic carbocycles. The van der Waals surface area contributed by atoms with Crippen LogP contribution in [0.1, 0.15) is 51.6 Å². The summed E-state index contributed by atoms with van der Waals surface area (Å²) in [5, 5.41) is 10.6. The Hall–Kier alpha value is -3.15. The van der Waals surface area contributed by atoms with E-state index in [1.807, 2.05) is 13.8 Å². The fraction of sp³-hybridized carbons (Fsp3) is 0.286. The lowest BCUT2D eigenvalue weighted by molar-refractivity contribution is 0.00978. The van der Waals surface area contributed by atoms with E-state index in [1.54, 1.807) is 18.2 Å². The Labute approximate surface area is 157 Å². The van der Waals surface area contributed by atoms with E-state index in [4.69, 9.17) is 4.74 Å². The van der Waals surface area contributed by atoms with Gasteiger partial charge in [0.1, 0.15) is 5.75 Å². The number of phenolic OH excluding ortho intramolecular Hbond substituents is 1. The van der Waals surface area contributed by atoms with Crippen molar-refractivity contribution in [3.05, 3.63) is 64.7 Å². The largest absolute Gasteiger partial charge is 0.507 e. The molecule has 6 heteroatoms. The van der Waals surface area contributed by atoms with Gasteiger partial charge in [0.2, 0.25) is 11.6 Å². The van der Waals surface area contributed by atoms with Crippen molar-refractivity contribution in [1.82, 2.24) is 4.90 Å². The first-order chi connectivity index (χ1) is 12.7. The summed E-state index contributed by atoms with van der Waals surface area (Å²) in [4.78, 5) is 39.9. The van der Waals surface area contributed by atoms with E-state index < -0.39 is 23.3 Å². The summed E-state index contributed by atoms with van der Waals surface area (Å²) in [5.74, 6) is -1.45. The van der Waals surface area contributed by atoms with Crippen LogP contribution in [0.25, 0.3) is 0 Å². The third-order valence-electron chi connectivity index (χ3n) is 4.73. The van der Waals surface area contributed by atoms with E-state index >= 15 is 0 Å². The monoisotopic (exact) mass is 367 g/mol. The van der Waals surface area contributed by atoms with Gasteiger partial charge in [-0.25, -0.2) is 4.79 Å². The van der Waals surface area contributed by atoms with Crippen molar-refractivity contribution >= 4 is 17.7 Å². The summed E-state index contributed by atoms with van der Waals surface area (Å²) >= 11 is 0. The molecule has 0 bridgehead atoms. The Balaban J connectivity index is 2.24. The molecule has 0 radical (unpaired) electrons. The van der Waals surface area contributed by atoms with Gasteiger partial charge in [0.15, 0.2) is 0 Å². The van der Waals surface area contributed by atoms with Gasteiger partial charge in [-0.05, 0) is 17.5 Å². The van der Waals surface area contributed by atoms with Crippen LogP contribution in [0.3, 0.4) is 0 Å². The van der Waals surface area contributed by atoms with Crippen LogP contribution in [-0.2, 0) is 10.3 Å². The molecule has 0 spiro atoms. The first-order valence-electron chi connectivity index (χ1n) is 8.62. The van der Waals surface area contributed by atoms with Crippen LogP contribution in [0, 0.1) is 0 Å². The maximum Gasteiger partial charge on any atom is 0.411 e. The topological polar surface area (TPSA) is 83.9 Å². The SMILES string of the molecule is CC(C)c1ccc(C2(OC(=O)N(C)C)C(=O)c3ccccc3C2=O)c(O)c1. The quantitative estimate of drug-likeness (QED) is 0.840. The molecule has 6 nitrogen and oxygen atoms in total. The maximum absolute atomic E-state index is 13.2. The number of Topliss-reactive ketones (excluding diaryl/α,β-unsaturated/α-hetero) is 2. The molecule has 0 saturated heterocycles. The van der Waals surface area contributed by atoms with Crippen molar-refractivity contribution in [3.8, 4) is 5.75 Å². The van der Waals surface area contributed by atoms with Crippen LogP contribution in [0.5, 0.6) is 5.75 Å². The molecular weight excluding hydrogens is 346 g/mol. The highest BCUT2D eigenvalue weighted by Crippen LogP contribution is 2.44. The number of fused-ring (bicyclic) bond motifs is 1. The normalized spacial score (nSPS) is 15.0. The summed E-state index contributed by atoms with van der Waals surface area (Å²) < 4.78 is 5.46. The standard InChI is InChI=1S/C21H21NO5/c1-12(2)13-9-10-16(17(23)11-13)21(27-20(26)22(3)4)18(24)14-7-5-6-8-15(14)19(21)25/h5-12,23H,1-4H3. The molecule has 140 valence electrons. The third kappa shape index (κ3) is 2.77. The van der Waals surface area contributed by atoms with Gasteiger partial charge < -0.3 is 14.7 Å². The molecule has 1 amide bonds. The van der Waals surface area contributed by atoms with Crippen LogP contribution in [0.4, 0.5) is 4.79 Å². The molecule has 0 fully saturated rings. The second kappa shape index (κ2) is 6.54. The maximum atomic E-state index is 13.2. The van der Waals surface area contributed by atoms with Crippen molar-refractivity contribution in [2.45, 2.75) is 25.4 Å².